The van der Waals surface area contributed by atoms with Gasteiger partial charge in [0.2, 0.25) is 0 Å². The molecule has 3 aromatic heterocycles. The van der Waals surface area contributed by atoms with Crippen LogP contribution in [0, 0.1) is 0 Å². The Labute approximate surface area is 185 Å². The van der Waals surface area contributed by atoms with Crippen molar-refractivity contribution >= 4 is 58.5 Å². The summed E-state index contributed by atoms with van der Waals surface area (Å²) in [4.78, 5) is 2.20. The fraction of sp³-hybridized carbons (Fsp3) is 0.267. The number of nitrogens with zero attached hydrogens (tertiary/aromatic N) is 6. The predicted octanol–water partition coefficient (Wildman–Crippen LogP) is 1.74. The summed E-state index contributed by atoms with van der Waals surface area (Å²) in [6.45, 7) is 5.14. The molecule has 0 aromatic carbocycles. The van der Waals surface area contributed by atoms with Gasteiger partial charge in [0.25, 0.3) is 0 Å². The number of aromatic nitrogens is 6. The van der Waals surface area contributed by atoms with E-state index in [0.717, 1.165) is 13.0 Å². The van der Waals surface area contributed by atoms with Gasteiger partial charge in [-0.05, 0) is 37.7 Å². The summed E-state index contributed by atoms with van der Waals surface area (Å²) in [5, 5.41) is 14.9. The third-order valence-electron chi connectivity index (χ3n) is 3.12. The summed E-state index contributed by atoms with van der Waals surface area (Å²) in [7, 11) is -0.0530. The van der Waals surface area contributed by atoms with Crippen molar-refractivity contribution in [3.05, 3.63) is 67.7 Å². The molecular formula is C15H22BKN7. The van der Waals surface area contributed by atoms with E-state index in [2.05, 4.69) is 51.3 Å². The first kappa shape index (κ1) is 20.9. The van der Waals surface area contributed by atoms with Crippen LogP contribution in [0.2, 0.25) is 0 Å². The van der Waals surface area contributed by atoms with Crippen LogP contribution < -0.4 is 0 Å². The SMILES string of the molecule is CC/C=C\N(CC)B(n1cccn1)n1cccn1.[K].c1cn[nH]c1. The number of hydrogen-bond acceptors (Lipinski definition) is 4. The van der Waals surface area contributed by atoms with Crippen molar-refractivity contribution in [3.8, 4) is 0 Å². The molecule has 0 spiro atoms. The second-order valence-corrected chi connectivity index (χ2v) is 4.71. The molecule has 0 aliphatic rings. The van der Waals surface area contributed by atoms with Gasteiger partial charge in [-0.2, -0.15) is 15.3 Å². The van der Waals surface area contributed by atoms with Crippen molar-refractivity contribution < 1.29 is 0 Å². The molecule has 1 radical (unpaired) electrons. The molecule has 1 N–H and O–H groups in total. The van der Waals surface area contributed by atoms with Crippen molar-refractivity contribution in [2.45, 2.75) is 20.3 Å². The Morgan fingerprint density at radius 3 is 2.04 bits per heavy atom. The molecule has 3 rings (SSSR count). The first-order chi connectivity index (χ1) is 11.4. The van der Waals surface area contributed by atoms with Gasteiger partial charge in [-0.25, -0.2) is 0 Å². The van der Waals surface area contributed by atoms with E-state index in [4.69, 9.17) is 0 Å². The Kier molecular flexibility index (Phi) is 10.7. The van der Waals surface area contributed by atoms with Crippen LogP contribution in [-0.4, -0.2) is 99.4 Å². The Balaban J connectivity index is 0.000000412. The van der Waals surface area contributed by atoms with Crippen molar-refractivity contribution in [2.75, 3.05) is 6.54 Å². The molecule has 0 saturated carbocycles. The van der Waals surface area contributed by atoms with Crippen molar-refractivity contribution in [3.63, 3.8) is 0 Å². The van der Waals surface area contributed by atoms with Gasteiger partial charge < -0.3 is 4.81 Å². The zero-order valence-electron chi connectivity index (χ0n) is 14.5. The first-order valence-electron chi connectivity index (χ1n) is 7.71. The standard InChI is InChI=1S/C12H18BN5.C3H4N2.K/c1-3-5-10-16(4-2)13(17-11-6-8-14-17)18-12-7-9-15-18;1-2-4-5-3-1;/h5-12H,3-4H2,1-2H3;1-3H,(H,4,5);/b10-5-;;. The van der Waals surface area contributed by atoms with Crippen LogP contribution in [0.3, 0.4) is 0 Å². The maximum Gasteiger partial charge on any atom is 0.547 e. The minimum Gasteiger partial charge on any atom is -0.380 e. The molecule has 24 heavy (non-hydrogen) atoms. The second kappa shape index (κ2) is 12.3. The van der Waals surface area contributed by atoms with Crippen LogP contribution >= 0.6 is 0 Å². The quantitative estimate of drug-likeness (QED) is 0.688. The fourth-order valence-electron chi connectivity index (χ4n) is 2.06. The van der Waals surface area contributed by atoms with Gasteiger partial charge in [-0.15, -0.1) is 0 Å². The Morgan fingerprint density at radius 1 is 1.04 bits per heavy atom. The van der Waals surface area contributed by atoms with Crippen molar-refractivity contribution in [1.82, 2.24) is 34.4 Å². The van der Waals surface area contributed by atoms with Crippen LogP contribution in [-0.2, 0) is 0 Å². The summed E-state index contributed by atoms with van der Waals surface area (Å²) in [5.74, 6) is 0. The molecule has 0 amide bonds. The molecule has 0 atom stereocenters. The fourth-order valence-corrected chi connectivity index (χ4v) is 2.06. The average Bonchev–Trinajstić information content (AvgIpc) is 3.36. The molecule has 3 heterocycles. The molecule has 0 aliphatic heterocycles. The number of allylic oxidation sites excluding steroid dienone is 1. The number of nitrogens with one attached hydrogen (secondary N) is 1. The number of aromatic amines is 1. The van der Waals surface area contributed by atoms with Gasteiger partial charge >= 0.3 is 7.12 Å². The largest absolute Gasteiger partial charge is 0.547 e. The van der Waals surface area contributed by atoms with E-state index in [0.29, 0.717) is 0 Å². The van der Waals surface area contributed by atoms with E-state index in [1.165, 1.54) is 0 Å². The Morgan fingerprint density at radius 2 is 1.71 bits per heavy atom. The molecule has 9 heteroatoms. The topological polar surface area (TPSA) is 67.6 Å². The molecule has 3 aromatic rings. The van der Waals surface area contributed by atoms with Gasteiger partial charge in [0.15, 0.2) is 0 Å². The molecule has 0 saturated heterocycles. The molecule has 121 valence electrons. The smallest absolute Gasteiger partial charge is 0.380 e. The number of H-pyrrole nitrogens is 1. The van der Waals surface area contributed by atoms with E-state index < -0.39 is 0 Å². The molecule has 7 nitrogen and oxygen atoms in total. The third kappa shape index (κ3) is 6.40. The van der Waals surface area contributed by atoms with Gasteiger partial charge in [0, 0.05) is 95.1 Å². The van der Waals surface area contributed by atoms with Crippen LogP contribution in [0.4, 0.5) is 0 Å². The molecule has 0 aliphatic carbocycles. The summed E-state index contributed by atoms with van der Waals surface area (Å²) < 4.78 is 3.80. The summed E-state index contributed by atoms with van der Waals surface area (Å²) in [6, 6.07) is 5.68. The molecule has 0 bridgehead atoms. The third-order valence-corrected chi connectivity index (χ3v) is 3.12. The molecule has 0 fully saturated rings. The van der Waals surface area contributed by atoms with Crippen molar-refractivity contribution in [1.29, 1.82) is 0 Å². The number of rotatable bonds is 6. The Bertz CT molecular complexity index is 586. The average molecular weight is 350 g/mol. The summed E-state index contributed by atoms with van der Waals surface area (Å²) in [5.41, 5.74) is 0. The maximum atomic E-state index is 4.33. The van der Waals surface area contributed by atoms with Gasteiger partial charge in [-0.3, -0.25) is 14.3 Å². The zero-order valence-corrected chi connectivity index (χ0v) is 17.6. The maximum absolute atomic E-state index is 4.33. The van der Waals surface area contributed by atoms with Gasteiger partial charge in [-0.1, -0.05) is 13.0 Å². The van der Waals surface area contributed by atoms with Crippen molar-refractivity contribution in [2.24, 2.45) is 0 Å². The Hall–Kier alpha value is -1.13. The van der Waals surface area contributed by atoms with Crippen LogP contribution in [0.1, 0.15) is 20.3 Å². The van der Waals surface area contributed by atoms with Crippen LogP contribution in [0.25, 0.3) is 0 Å². The second-order valence-electron chi connectivity index (χ2n) is 4.71. The van der Waals surface area contributed by atoms with E-state index in [9.17, 15) is 0 Å². The van der Waals surface area contributed by atoms with E-state index in [1.54, 1.807) is 24.8 Å². The van der Waals surface area contributed by atoms with E-state index in [1.807, 2.05) is 39.8 Å². The van der Waals surface area contributed by atoms with Gasteiger partial charge in [0.05, 0.1) is 0 Å². The summed E-state index contributed by atoms with van der Waals surface area (Å²) in [6.07, 6.45) is 16.2. The van der Waals surface area contributed by atoms with Gasteiger partial charge in [0.1, 0.15) is 0 Å². The predicted molar refractivity (Wildman–Crippen MR) is 97.2 cm³/mol. The van der Waals surface area contributed by atoms with E-state index in [-0.39, 0.29) is 58.5 Å². The number of hydrogen-bond donors (Lipinski definition) is 1. The van der Waals surface area contributed by atoms with Crippen LogP contribution in [0.5, 0.6) is 0 Å². The van der Waals surface area contributed by atoms with E-state index >= 15 is 0 Å². The first-order valence-corrected chi connectivity index (χ1v) is 7.71. The minimum atomic E-state index is -0.0530. The normalized spacial score (nSPS) is 9.92. The minimum absolute atomic E-state index is 0. The van der Waals surface area contributed by atoms with Crippen LogP contribution in [0.15, 0.2) is 67.7 Å². The monoisotopic (exact) mass is 350 g/mol. The molecular weight excluding hydrogens is 328 g/mol. The zero-order chi connectivity index (χ0) is 16.3. The molecule has 0 unspecified atom stereocenters. The summed E-state index contributed by atoms with van der Waals surface area (Å²) >= 11 is 0.